The Kier molecular flexibility index (Phi) is 6.72. The number of aryl methyl sites for hydroxylation is 1. The van der Waals surface area contributed by atoms with E-state index in [-0.39, 0.29) is 12.3 Å². The molecule has 160 valence electrons. The summed E-state index contributed by atoms with van der Waals surface area (Å²) in [5.41, 5.74) is 4.51. The number of carbonyl (C=O) groups excluding carboxylic acids is 1. The van der Waals surface area contributed by atoms with Crippen molar-refractivity contribution in [2.24, 2.45) is 0 Å². The van der Waals surface area contributed by atoms with Crippen molar-refractivity contribution in [1.29, 1.82) is 0 Å². The van der Waals surface area contributed by atoms with Crippen molar-refractivity contribution in [2.75, 3.05) is 5.32 Å². The van der Waals surface area contributed by atoms with Gasteiger partial charge in [-0.1, -0.05) is 54.6 Å². The van der Waals surface area contributed by atoms with Crippen LogP contribution < -0.4 is 5.32 Å². The first kappa shape index (κ1) is 21.5. The second kappa shape index (κ2) is 10.0. The van der Waals surface area contributed by atoms with Crippen LogP contribution in [0, 0.1) is 0 Å². The number of benzene rings is 3. The van der Waals surface area contributed by atoms with E-state index in [9.17, 15) is 9.59 Å². The Hall–Kier alpha value is -3.77. The van der Waals surface area contributed by atoms with Gasteiger partial charge in [-0.25, -0.2) is 4.98 Å². The number of thiazole rings is 1. The molecule has 0 atom stereocenters. The first-order valence-corrected chi connectivity index (χ1v) is 11.1. The van der Waals surface area contributed by atoms with Gasteiger partial charge in [0.15, 0.2) is 0 Å². The minimum atomic E-state index is -0.786. The number of carboxylic acids is 1. The fourth-order valence-electron chi connectivity index (χ4n) is 3.32. The van der Waals surface area contributed by atoms with E-state index in [4.69, 9.17) is 5.11 Å². The van der Waals surface area contributed by atoms with Gasteiger partial charge in [-0.3, -0.25) is 9.59 Å². The maximum absolute atomic E-state index is 12.6. The van der Waals surface area contributed by atoms with Gasteiger partial charge in [0.2, 0.25) is 0 Å². The first-order chi connectivity index (χ1) is 15.6. The van der Waals surface area contributed by atoms with Crippen LogP contribution in [0.15, 0.2) is 85.1 Å². The molecule has 1 amide bonds. The molecule has 0 saturated carbocycles. The second-order valence-corrected chi connectivity index (χ2v) is 8.46. The van der Waals surface area contributed by atoms with Gasteiger partial charge in [-0.15, -0.1) is 11.3 Å². The Morgan fingerprint density at radius 1 is 0.844 bits per heavy atom. The van der Waals surface area contributed by atoms with E-state index in [1.165, 1.54) is 0 Å². The molecule has 0 bridgehead atoms. The topological polar surface area (TPSA) is 79.3 Å². The summed E-state index contributed by atoms with van der Waals surface area (Å²) in [5.74, 6) is -0.942. The van der Waals surface area contributed by atoms with Gasteiger partial charge < -0.3 is 10.4 Å². The lowest BCUT2D eigenvalue weighted by Gasteiger charge is -2.07. The average molecular weight is 443 g/mol. The molecule has 0 saturated heterocycles. The summed E-state index contributed by atoms with van der Waals surface area (Å²) >= 11 is 1.56. The molecule has 0 aliphatic carbocycles. The number of hydrogen-bond donors (Lipinski definition) is 2. The van der Waals surface area contributed by atoms with Gasteiger partial charge in [0.25, 0.3) is 5.91 Å². The van der Waals surface area contributed by atoms with Crippen molar-refractivity contribution in [3.8, 4) is 21.6 Å². The Bertz CT molecular complexity index is 1200. The predicted molar refractivity (Wildman–Crippen MR) is 128 cm³/mol. The Balaban J connectivity index is 1.37. The quantitative estimate of drug-likeness (QED) is 0.344. The maximum Gasteiger partial charge on any atom is 0.303 e. The molecular formula is C26H22N2O3S. The Labute approximate surface area is 190 Å². The molecule has 0 unspecified atom stereocenters. The summed E-state index contributed by atoms with van der Waals surface area (Å²) in [4.78, 5) is 28.7. The number of anilines is 1. The van der Waals surface area contributed by atoms with Crippen LogP contribution in [0.5, 0.6) is 0 Å². The van der Waals surface area contributed by atoms with Crippen LogP contribution >= 0.6 is 11.3 Å². The molecule has 0 spiro atoms. The number of aliphatic carboxylic acids is 1. The minimum absolute atomic E-state index is 0.151. The molecule has 0 fully saturated rings. The van der Waals surface area contributed by atoms with Crippen molar-refractivity contribution < 1.29 is 14.7 Å². The lowest BCUT2D eigenvalue weighted by atomic mass is 10.0. The number of aromatic nitrogens is 1. The number of nitrogens with zero attached hydrogens (tertiary/aromatic N) is 1. The summed E-state index contributed by atoms with van der Waals surface area (Å²) < 4.78 is 0. The van der Waals surface area contributed by atoms with E-state index >= 15 is 0 Å². The normalized spacial score (nSPS) is 10.6. The second-order valence-electron chi connectivity index (χ2n) is 7.34. The van der Waals surface area contributed by atoms with Gasteiger partial charge in [0.1, 0.15) is 0 Å². The summed E-state index contributed by atoms with van der Waals surface area (Å²) in [6.07, 6.45) is 3.20. The largest absolute Gasteiger partial charge is 0.481 e. The van der Waals surface area contributed by atoms with Crippen molar-refractivity contribution >= 4 is 28.9 Å². The van der Waals surface area contributed by atoms with Crippen molar-refractivity contribution in [3.63, 3.8) is 0 Å². The van der Waals surface area contributed by atoms with Crippen LogP contribution in [-0.2, 0) is 11.2 Å². The number of carbonyl (C=O) groups is 2. The Morgan fingerprint density at radius 3 is 2.19 bits per heavy atom. The fraction of sp³-hybridized carbons (Fsp3) is 0.115. The molecule has 1 heterocycles. The third kappa shape index (κ3) is 5.47. The van der Waals surface area contributed by atoms with Crippen LogP contribution in [0.3, 0.4) is 0 Å². The van der Waals surface area contributed by atoms with Gasteiger partial charge >= 0.3 is 5.97 Å². The molecule has 0 aliphatic heterocycles. The van der Waals surface area contributed by atoms with Gasteiger partial charge in [-0.05, 0) is 53.8 Å². The lowest BCUT2D eigenvalue weighted by molar-refractivity contribution is -0.137. The average Bonchev–Trinajstić information content (AvgIpc) is 3.29. The fourth-order valence-corrected chi connectivity index (χ4v) is 4.28. The third-order valence-electron chi connectivity index (χ3n) is 5.02. The van der Waals surface area contributed by atoms with Crippen LogP contribution in [0.4, 0.5) is 5.69 Å². The first-order valence-electron chi connectivity index (χ1n) is 10.3. The molecule has 32 heavy (non-hydrogen) atoms. The molecule has 5 nitrogen and oxygen atoms in total. The third-order valence-corrected chi connectivity index (χ3v) is 6.12. The van der Waals surface area contributed by atoms with E-state index < -0.39 is 5.97 Å². The summed E-state index contributed by atoms with van der Waals surface area (Å²) in [6, 6.07) is 25.2. The maximum atomic E-state index is 12.6. The van der Waals surface area contributed by atoms with E-state index in [1.54, 1.807) is 11.3 Å². The summed E-state index contributed by atoms with van der Waals surface area (Å²) in [7, 11) is 0. The lowest BCUT2D eigenvalue weighted by Crippen LogP contribution is -2.11. The summed E-state index contributed by atoms with van der Waals surface area (Å²) in [6.45, 7) is 0. The van der Waals surface area contributed by atoms with E-state index in [0.29, 0.717) is 18.4 Å². The standard InChI is InChI=1S/C26H22N2O3S/c29-25(30)8-4-7-24-27-17-23(32-24)20-13-15-22(16-14-20)28-26(31)21-11-9-19(10-12-21)18-5-2-1-3-6-18/h1-3,5-6,9-17H,4,7-8H2,(H,28,31)(H,29,30). The highest BCUT2D eigenvalue weighted by Crippen LogP contribution is 2.28. The summed E-state index contributed by atoms with van der Waals surface area (Å²) in [5, 5.41) is 12.6. The minimum Gasteiger partial charge on any atom is -0.481 e. The molecule has 4 aromatic rings. The zero-order valence-electron chi connectivity index (χ0n) is 17.3. The van der Waals surface area contributed by atoms with E-state index in [2.05, 4.69) is 10.3 Å². The van der Waals surface area contributed by atoms with Crippen molar-refractivity contribution in [1.82, 2.24) is 4.98 Å². The predicted octanol–water partition coefficient (Wildman–Crippen LogP) is 6.14. The zero-order valence-corrected chi connectivity index (χ0v) is 18.1. The molecule has 6 heteroatoms. The van der Waals surface area contributed by atoms with Crippen LogP contribution in [0.25, 0.3) is 21.6 Å². The number of carboxylic acid groups (broad SMARTS) is 1. The van der Waals surface area contributed by atoms with Gasteiger partial charge in [0.05, 0.1) is 9.88 Å². The number of rotatable bonds is 8. The number of nitrogens with one attached hydrogen (secondary N) is 1. The SMILES string of the molecule is O=C(O)CCCc1ncc(-c2ccc(NC(=O)c3ccc(-c4ccccc4)cc3)cc2)s1. The van der Waals surface area contributed by atoms with E-state index in [1.807, 2.05) is 85.1 Å². The molecular weight excluding hydrogens is 420 g/mol. The molecule has 4 rings (SSSR count). The monoisotopic (exact) mass is 442 g/mol. The van der Waals surface area contributed by atoms with E-state index in [0.717, 1.165) is 32.3 Å². The number of amides is 1. The Morgan fingerprint density at radius 2 is 1.50 bits per heavy atom. The molecule has 0 aliphatic rings. The van der Waals surface area contributed by atoms with Crippen LogP contribution in [0.2, 0.25) is 0 Å². The molecule has 1 aromatic heterocycles. The molecule has 2 N–H and O–H groups in total. The van der Waals surface area contributed by atoms with Gasteiger partial charge in [0, 0.05) is 23.9 Å². The van der Waals surface area contributed by atoms with Crippen molar-refractivity contribution in [2.45, 2.75) is 19.3 Å². The number of hydrogen-bond acceptors (Lipinski definition) is 4. The highest BCUT2D eigenvalue weighted by atomic mass is 32.1. The van der Waals surface area contributed by atoms with Gasteiger partial charge in [-0.2, -0.15) is 0 Å². The highest BCUT2D eigenvalue weighted by Gasteiger charge is 2.09. The smallest absolute Gasteiger partial charge is 0.303 e. The molecule has 0 radical (unpaired) electrons. The zero-order chi connectivity index (χ0) is 22.3. The van der Waals surface area contributed by atoms with Crippen molar-refractivity contribution in [3.05, 3.63) is 95.6 Å². The van der Waals surface area contributed by atoms with Crippen LogP contribution in [0.1, 0.15) is 28.2 Å². The van der Waals surface area contributed by atoms with Crippen LogP contribution in [-0.4, -0.2) is 22.0 Å². The highest BCUT2D eigenvalue weighted by molar-refractivity contribution is 7.15. The molecule has 3 aromatic carbocycles.